The molecule has 3 saturated carbocycles. The molecule has 1 aromatic carbocycles. The van der Waals surface area contributed by atoms with Crippen LogP contribution in [0.3, 0.4) is 0 Å². The number of hydrogen-bond donors (Lipinski definition) is 0. The van der Waals surface area contributed by atoms with Gasteiger partial charge in [0.15, 0.2) is 0 Å². The normalized spacial score (nSPS) is 34.7. The minimum absolute atomic E-state index is 0.567. The summed E-state index contributed by atoms with van der Waals surface area (Å²) in [6.07, 6.45) is 21.7. The summed E-state index contributed by atoms with van der Waals surface area (Å²) in [7, 11) is 0. The molecule has 3 fully saturated rings. The van der Waals surface area contributed by atoms with Crippen molar-refractivity contribution >= 4 is 0 Å². The zero-order chi connectivity index (χ0) is 20.8. The third kappa shape index (κ3) is 5.58. The van der Waals surface area contributed by atoms with Crippen molar-refractivity contribution in [2.75, 3.05) is 6.61 Å². The fraction of sp³-hybridized carbons (Fsp3) is 0.724. The second-order valence-electron chi connectivity index (χ2n) is 10.4. The molecule has 1 nitrogen and oxygen atoms in total. The van der Waals surface area contributed by atoms with Crippen LogP contribution in [0.25, 0.3) is 0 Å². The number of hydrogen-bond acceptors (Lipinski definition) is 1. The van der Waals surface area contributed by atoms with Crippen molar-refractivity contribution in [1.82, 2.24) is 0 Å². The van der Waals surface area contributed by atoms with E-state index in [0.717, 1.165) is 42.6 Å². The molecule has 4 unspecified atom stereocenters. The van der Waals surface area contributed by atoms with Gasteiger partial charge in [-0.3, -0.25) is 0 Å². The molecule has 0 heterocycles. The molecule has 4 rings (SSSR count). The molecule has 0 radical (unpaired) electrons. The maximum absolute atomic E-state index is 5.96. The average Bonchev–Trinajstić information content (AvgIpc) is 2.80. The Hall–Kier alpha value is -1.08. The third-order valence-electron chi connectivity index (χ3n) is 8.73. The molecule has 4 atom stereocenters. The molecule has 166 valence electrons. The summed E-state index contributed by atoms with van der Waals surface area (Å²) in [5, 5.41) is 0. The lowest BCUT2D eigenvalue weighted by Crippen LogP contribution is -2.36. The minimum atomic E-state index is 0.567. The van der Waals surface area contributed by atoms with Gasteiger partial charge in [-0.2, -0.15) is 0 Å². The molecule has 1 heteroatoms. The number of fused-ring (bicyclic) bond motifs is 1. The van der Waals surface area contributed by atoms with Crippen molar-refractivity contribution in [2.45, 2.75) is 103 Å². The molecule has 0 N–H and O–H groups in total. The number of ether oxygens (including phenoxy) is 1. The van der Waals surface area contributed by atoms with Crippen LogP contribution in [0.1, 0.15) is 102 Å². The van der Waals surface area contributed by atoms with E-state index in [1.54, 1.807) is 5.56 Å². The van der Waals surface area contributed by atoms with Crippen LogP contribution < -0.4 is 0 Å². The van der Waals surface area contributed by atoms with Gasteiger partial charge in [-0.25, -0.2) is 0 Å². The Labute approximate surface area is 185 Å². The van der Waals surface area contributed by atoms with Crippen LogP contribution in [0.15, 0.2) is 36.4 Å². The van der Waals surface area contributed by atoms with Crippen LogP contribution in [-0.4, -0.2) is 12.7 Å². The van der Waals surface area contributed by atoms with Crippen molar-refractivity contribution in [3.8, 4) is 0 Å². The standard InChI is InChI=1S/C29H44O/c1-3-5-6-7-22-8-10-23(11-9-22)24-12-14-25(15-13-24)26-16-17-28-21-29(30-4-2)19-18-27(28)20-26/h3,5,8-11,24-29H,4,6-7,12-21H2,1-2H3/b5-3+. The fourth-order valence-corrected chi connectivity index (χ4v) is 6.99. The maximum atomic E-state index is 5.96. The van der Waals surface area contributed by atoms with Gasteiger partial charge in [0.25, 0.3) is 0 Å². The molecule has 30 heavy (non-hydrogen) atoms. The summed E-state index contributed by atoms with van der Waals surface area (Å²) in [5.41, 5.74) is 3.09. The molecule has 0 bridgehead atoms. The van der Waals surface area contributed by atoms with Crippen molar-refractivity contribution in [2.24, 2.45) is 23.7 Å². The maximum Gasteiger partial charge on any atom is 0.0577 e. The van der Waals surface area contributed by atoms with Gasteiger partial charge in [-0.1, -0.05) is 36.4 Å². The number of benzene rings is 1. The Balaban J connectivity index is 1.23. The highest BCUT2D eigenvalue weighted by molar-refractivity contribution is 5.26. The molecule has 0 amide bonds. The van der Waals surface area contributed by atoms with Crippen molar-refractivity contribution in [1.29, 1.82) is 0 Å². The quantitative estimate of drug-likeness (QED) is 0.414. The monoisotopic (exact) mass is 408 g/mol. The molecular weight excluding hydrogens is 364 g/mol. The van der Waals surface area contributed by atoms with Gasteiger partial charge in [0.1, 0.15) is 0 Å². The molecule has 0 aliphatic heterocycles. The molecule has 1 aromatic rings. The zero-order valence-corrected chi connectivity index (χ0v) is 19.5. The van der Waals surface area contributed by atoms with E-state index in [1.807, 2.05) is 0 Å². The van der Waals surface area contributed by atoms with Gasteiger partial charge < -0.3 is 4.74 Å². The van der Waals surface area contributed by atoms with Crippen LogP contribution in [0.5, 0.6) is 0 Å². The van der Waals surface area contributed by atoms with E-state index in [1.165, 1.54) is 76.2 Å². The Bertz CT molecular complexity index is 651. The Morgan fingerprint density at radius 2 is 1.43 bits per heavy atom. The molecule has 3 aliphatic carbocycles. The summed E-state index contributed by atoms with van der Waals surface area (Å²) in [6.45, 7) is 5.16. The second kappa shape index (κ2) is 11.0. The topological polar surface area (TPSA) is 9.23 Å². The summed E-state index contributed by atoms with van der Waals surface area (Å²) in [6, 6.07) is 9.62. The zero-order valence-electron chi connectivity index (χ0n) is 19.5. The van der Waals surface area contributed by atoms with Gasteiger partial charge >= 0.3 is 0 Å². The van der Waals surface area contributed by atoms with Crippen LogP contribution in [0.4, 0.5) is 0 Å². The number of rotatable bonds is 7. The second-order valence-corrected chi connectivity index (χ2v) is 10.4. The molecular formula is C29H44O. The number of aryl methyl sites for hydroxylation is 1. The first-order valence-corrected chi connectivity index (χ1v) is 13.1. The summed E-state index contributed by atoms with van der Waals surface area (Å²) < 4.78 is 5.96. The lowest BCUT2D eigenvalue weighted by molar-refractivity contribution is -0.0205. The van der Waals surface area contributed by atoms with Crippen LogP contribution in [0, 0.1) is 23.7 Å². The Morgan fingerprint density at radius 1 is 0.800 bits per heavy atom. The highest BCUT2D eigenvalue weighted by Gasteiger charge is 2.39. The summed E-state index contributed by atoms with van der Waals surface area (Å²) in [5.74, 6) is 4.81. The van der Waals surface area contributed by atoms with Gasteiger partial charge in [-0.15, -0.1) is 0 Å². The van der Waals surface area contributed by atoms with E-state index in [0.29, 0.717) is 6.10 Å². The Kier molecular flexibility index (Phi) is 8.10. The first kappa shape index (κ1) is 22.1. The van der Waals surface area contributed by atoms with Gasteiger partial charge in [0.2, 0.25) is 0 Å². The molecule has 0 spiro atoms. The number of allylic oxidation sites excluding steroid dienone is 2. The first-order chi connectivity index (χ1) is 14.8. The van der Waals surface area contributed by atoms with Crippen molar-refractivity contribution < 1.29 is 4.74 Å². The van der Waals surface area contributed by atoms with Gasteiger partial charge in [-0.05, 0) is 132 Å². The van der Waals surface area contributed by atoms with Crippen molar-refractivity contribution in [3.63, 3.8) is 0 Å². The average molecular weight is 409 g/mol. The Morgan fingerprint density at radius 3 is 2.13 bits per heavy atom. The third-order valence-corrected chi connectivity index (χ3v) is 8.73. The SMILES string of the molecule is C/C=C/CCc1ccc(C2CCC(C3CCC4CC(OCC)CCC4C3)CC2)cc1. The van der Waals surface area contributed by atoms with Crippen molar-refractivity contribution in [3.05, 3.63) is 47.5 Å². The van der Waals surface area contributed by atoms with E-state index in [4.69, 9.17) is 4.74 Å². The highest BCUT2D eigenvalue weighted by Crippen LogP contribution is 2.49. The molecule has 0 aromatic heterocycles. The predicted molar refractivity (Wildman–Crippen MR) is 128 cm³/mol. The molecule has 3 aliphatic rings. The largest absolute Gasteiger partial charge is 0.378 e. The smallest absolute Gasteiger partial charge is 0.0577 e. The van der Waals surface area contributed by atoms with Crippen LogP contribution in [-0.2, 0) is 11.2 Å². The van der Waals surface area contributed by atoms with Gasteiger partial charge in [0.05, 0.1) is 6.10 Å². The van der Waals surface area contributed by atoms with E-state index >= 15 is 0 Å². The minimum Gasteiger partial charge on any atom is -0.378 e. The van der Waals surface area contributed by atoms with Crippen LogP contribution >= 0.6 is 0 Å². The van der Waals surface area contributed by atoms with Crippen LogP contribution in [0.2, 0.25) is 0 Å². The summed E-state index contributed by atoms with van der Waals surface area (Å²) in [4.78, 5) is 0. The summed E-state index contributed by atoms with van der Waals surface area (Å²) >= 11 is 0. The van der Waals surface area contributed by atoms with Gasteiger partial charge in [0, 0.05) is 6.61 Å². The first-order valence-electron chi connectivity index (χ1n) is 13.1. The molecule has 0 saturated heterocycles. The van der Waals surface area contributed by atoms with E-state index < -0.39 is 0 Å². The van der Waals surface area contributed by atoms with E-state index in [9.17, 15) is 0 Å². The lowest BCUT2D eigenvalue weighted by Gasteiger charge is -2.45. The lowest BCUT2D eigenvalue weighted by atomic mass is 9.62. The highest BCUT2D eigenvalue weighted by atomic mass is 16.5. The fourth-order valence-electron chi connectivity index (χ4n) is 6.99. The van der Waals surface area contributed by atoms with E-state index in [2.05, 4.69) is 50.3 Å². The predicted octanol–water partition coefficient (Wildman–Crippen LogP) is 8.09. The van der Waals surface area contributed by atoms with E-state index in [-0.39, 0.29) is 0 Å².